The van der Waals surface area contributed by atoms with Crippen LogP contribution in [0.25, 0.3) is 0 Å². The molecule has 0 radical (unpaired) electrons. The van der Waals surface area contributed by atoms with Crippen LogP contribution in [-0.4, -0.2) is 26.2 Å². The highest BCUT2D eigenvalue weighted by Gasteiger charge is 2.23. The zero-order chi connectivity index (χ0) is 13.4. The number of hydrogen-bond donors (Lipinski definition) is 1. The number of carbonyl (C=O) groups is 1. The smallest absolute Gasteiger partial charge is 0.327 e. The summed E-state index contributed by atoms with van der Waals surface area (Å²) in [6, 6.07) is 6.70. The Morgan fingerprint density at radius 3 is 2.83 bits per heavy atom. The summed E-state index contributed by atoms with van der Waals surface area (Å²) in [6.07, 6.45) is 5.20. The molecule has 0 saturated carbocycles. The molecule has 1 aromatic carbocycles. The summed E-state index contributed by atoms with van der Waals surface area (Å²) in [4.78, 5) is 11.8. The third-order valence-corrected chi connectivity index (χ3v) is 2.37. The fourth-order valence-electron chi connectivity index (χ4n) is 1.61. The number of methoxy groups -OCH3 is 1. The molecule has 1 atom stereocenters. The summed E-state index contributed by atoms with van der Waals surface area (Å²) < 4.78 is 10.3. The number of terminal acetylenes is 1. The fraction of sp³-hybridized carbons (Fsp3) is 0.357. The van der Waals surface area contributed by atoms with Crippen LogP contribution >= 0.6 is 0 Å². The number of ether oxygens (including phenoxy) is 2. The third-order valence-electron chi connectivity index (χ3n) is 2.37. The van der Waals surface area contributed by atoms with Crippen LogP contribution in [0.15, 0.2) is 24.3 Å². The Morgan fingerprint density at radius 1 is 1.50 bits per heavy atom. The topological polar surface area (TPSA) is 47.6 Å². The minimum Gasteiger partial charge on any atom is -0.494 e. The van der Waals surface area contributed by atoms with Gasteiger partial charge in [-0.05, 0) is 13.0 Å². The lowest BCUT2D eigenvalue weighted by molar-refractivity contribution is -0.143. The molecule has 96 valence electrons. The fourth-order valence-corrected chi connectivity index (χ4v) is 1.61. The molecule has 0 bridgehead atoms. The number of rotatable bonds is 6. The molecule has 1 unspecified atom stereocenters. The van der Waals surface area contributed by atoms with Gasteiger partial charge in [0.05, 0.1) is 20.3 Å². The van der Waals surface area contributed by atoms with Gasteiger partial charge in [0.15, 0.2) is 0 Å². The molecular formula is C14H17NO3. The molecule has 0 aliphatic heterocycles. The standard InChI is InChI=1S/C14H17NO3/c1-4-10-15-13(14(16)17-3)11-8-6-7-9-12(11)18-5-2/h1,6-9,13,15H,5,10H2,2-3H3. The SMILES string of the molecule is C#CCNC(C(=O)OC)c1ccccc1OCC. The van der Waals surface area contributed by atoms with Crippen LogP contribution in [0, 0.1) is 12.3 Å². The number of carbonyl (C=O) groups excluding carboxylic acids is 1. The van der Waals surface area contributed by atoms with Crippen molar-refractivity contribution in [1.82, 2.24) is 5.32 Å². The molecular weight excluding hydrogens is 230 g/mol. The van der Waals surface area contributed by atoms with E-state index in [-0.39, 0.29) is 6.54 Å². The maximum atomic E-state index is 11.8. The molecule has 0 aliphatic carbocycles. The van der Waals surface area contributed by atoms with Gasteiger partial charge < -0.3 is 9.47 Å². The van der Waals surface area contributed by atoms with E-state index in [0.29, 0.717) is 12.4 Å². The molecule has 4 heteroatoms. The van der Waals surface area contributed by atoms with Crippen LogP contribution in [0.1, 0.15) is 18.5 Å². The van der Waals surface area contributed by atoms with Gasteiger partial charge in [0.25, 0.3) is 0 Å². The molecule has 1 rings (SSSR count). The molecule has 0 amide bonds. The second-order valence-corrected chi connectivity index (χ2v) is 3.51. The van der Waals surface area contributed by atoms with Crippen molar-refractivity contribution in [1.29, 1.82) is 0 Å². The lowest BCUT2D eigenvalue weighted by Gasteiger charge is -2.18. The number of hydrogen-bond acceptors (Lipinski definition) is 4. The van der Waals surface area contributed by atoms with Crippen LogP contribution in [0.5, 0.6) is 5.75 Å². The Labute approximate surface area is 107 Å². The van der Waals surface area contributed by atoms with Gasteiger partial charge >= 0.3 is 5.97 Å². The quantitative estimate of drug-likeness (QED) is 0.611. The van der Waals surface area contributed by atoms with Gasteiger partial charge in [-0.15, -0.1) is 6.42 Å². The predicted molar refractivity (Wildman–Crippen MR) is 69.2 cm³/mol. The average Bonchev–Trinajstić information content (AvgIpc) is 2.40. The molecule has 1 aromatic rings. The van der Waals surface area contributed by atoms with Crippen molar-refractivity contribution in [2.24, 2.45) is 0 Å². The molecule has 0 aromatic heterocycles. The van der Waals surface area contributed by atoms with Crippen molar-refractivity contribution >= 4 is 5.97 Å². The van der Waals surface area contributed by atoms with Crippen molar-refractivity contribution in [3.63, 3.8) is 0 Å². The van der Waals surface area contributed by atoms with Gasteiger partial charge in [0.1, 0.15) is 11.8 Å². The van der Waals surface area contributed by atoms with Crippen molar-refractivity contribution in [3.8, 4) is 18.1 Å². The van der Waals surface area contributed by atoms with E-state index in [9.17, 15) is 4.79 Å². The van der Waals surface area contributed by atoms with Crippen LogP contribution in [0.3, 0.4) is 0 Å². The summed E-state index contributed by atoms with van der Waals surface area (Å²) in [7, 11) is 1.34. The van der Waals surface area contributed by atoms with Crippen molar-refractivity contribution in [3.05, 3.63) is 29.8 Å². The molecule has 1 N–H and O–H groups in total. The average molecular weight is 247 g/mol. The first kappa shape index (κ1) is 14.1. The second-order valence-electron chi connectivity index (χ2n) is 3.51. The zero-order valence-corrected chi connectivity index (χ0v) is 10.6. The van der Waals surface area contributed by atoms with Crippen LogP contribution in [-0.2, 0) is 9.53 Å². The van der Waals surface area contributed by atoms with Crippen molar-refractivity contribution in [2.45, 2.75) is 13.0 Å². The van der Waals surface area contributed by atoms with E-state index in [4.69, 9.17) is 15.9 Å². The van der Waals surface area contributed by atoms with Crippen molar-refractivity contribution < 1.29 is 14.3 Å². The van der Waals surface area contributed by atoms with Crippen LogP contribution in [0.2, 0.25) is 0 Å². The molecule has 0 heterocycles. The van der Waals surface area contributed by atoms with Gasteiger partial charge in [-0.1, -0.05) is 24.1 Å². The van der Waals surface area contributed by atoms with Gasteiger partial charge in [0, 0.05) is 5.56 Å². The summed E-state index contributed by atoms with van der Waals surface area (Å²) >= 11 is 0. The zero-order valence-electron chi connectivity index (χ0n) is 10.6. The first-order valence-electron chi connectivity index (χ1n) is 5.71. The highest BCUT2D eigenvalue weighted by atomic mass is 16.5. The molecule has 18 heavy (non-hydrogen) atoms. The molecule has 4 nitrogen and oxygen atoms in total. The van der Waals surface area contributed by atoms with Crippen LogP contribution in [0.4, 0.5) is 0 Å². The molecule has 0 saturated heterocycles. The van der Waals surface area contributed by atoms with E-state index < -0.39 is 12.0 Å². The maximum Gasteiger partial charge on any atom is 0.327 e. The molecule has 0 spiro atoms. The van der Waals surface area contributed by atoms with E-state index in [1.54, 1.807) is 0 Å². The Balaban J connectivity index is 3.04. The summed E-state index contributed by atoms with van der Waals surface area (Å²) in [6.45, 7) is 2.69. The largest absolute Gasteiger partial charge is 0.494 e. The predicted octanol–water partition coefficient (Wildman–Crippen LogP) is 1.52. The highest BCUT2D eigenvalue weighted by molar-refractivity contribution is 5.78. The van der Waals surface area contributed by atoms with Gasteiger partial charge in [0.2, 0.25) is 0 Å². The van der Waals surface area contributed by atoms with Gasteiger partial charge in [-0.3, -0.25) is 5.32 Å². The minimum atomic E-state index is -0.617. The van der Waals surface area contributed by atoms with Gasteiger partial charge in [-0.25, -0.2) is 4.79 Å². The molecule has 0 aliphatic rings. The monoisotopic (exact) mass is 247 g/mol. The number of esters is 1. The maximum absolute atomic E-state index is 11.8. The van der Waals surface area contributed by atoms with E-state index in [1.165, 1.54) is 7.11 Å². The van der Waals surface area contributed by atoms with Crippen LogP contribution < -0.4 is 10.1 Å². The first-order chi connectivity index (χ1) is 8.74. The number of para-hydroxylation sites is 1. The first-order valence-corrected chi connectivity index (χ1v) is 5.71. The van der Waals surface area contributed by atoms with E-state index in [2.05, 4.69) is 11.2 Å². The minimum absolute atomic E-state index is 0.278. The van der Waals surface area contributed by atoms with E-state index in [0.717, 1.165) is 5.56 Å². The Bertz CT molecular complexity index is 437. The van der Waals surface area contributed by atoms with E-state index in [1.807, 2.05) is 31.2 Å². The summed E-state index contributed by atoms with van der Waals surface area (Å²) in [5, 5.41) is 2.94. The Hall–Kier alpha value is -1.99. The normalized spacial score (nSPS) is 11.4. The highest BCUT2D eigenvalue weighted by Crippen LogP contribution is 2.25. The van der Waals surface area contributed by atoms with Gasteiger partial charge in [-0.2, -0.15) is 0 Å². The Morgan fingerprint density at radius 2 is 2.22 bits per heavy atom. The number of nitrogens with one attached hydrogen (secondary N) is 1. The summed E-state index contributed by atoms with van der Waals surface area (Å²) in [5.74, 6) is 2.70. The third kappa shape index (κ3) is 3.51. The lowest BCUT2D eigenvalue weighted by atomic mass is 10.1. The lowest BCUT2D eigenvalue weighted by Crippen LogP contribution is -2.30. The van der Waals surface area contributed by atoms with Crippen molar-refractivity contribution in [2.75, 3.05) is 20.3 Å². The number of benzene rings is 1. The second kappa shape index (κ2) is 7.36. The Kier molecular flexibility index (Phi) is 5.75. The molecule has 0 fully saturated rings. The summed E-state index contributed by atoms with van der Waals surface area (Å²) in [5.41, 5.74) is 0.724. The van der Waals surface area contributed by atoms with E-state index >= 15 is 0 Å².